The number of rotatable bonds is 13. The molecule has 12 nitrogen and oxygen atoms in total. The Labute approximate surface area is 190 Å². The molecule has 5 N–H and O–H groups in total. The van der Waals surface area contributed by atoms with Crippen molar-refractivity contribution in [1.29, 1.82) is 0 Å². The van der Waals surface area contributed by atoms with E-state index in [1.54, 1.807) is 14.1 Å². The van der Waals surface area contributed by atoms with Gasteiger partial charge in [0.1, 0.15) is 29.1 Å². The molecule has 0 aromatic heterocycles. The second-order valence-electron chi connectivity index (χ2n) is 6.47. The van der Waals surface area contributed by atoms with Crippen LogP contribution in [0.3, 0.4) is 0 Å². The molecule has 13 heteroatoms. The fourth-order valence-corrected chi connectivity index (χ4v) is 2.58. The van der Waals surface area contributed by atoms with Crippen LogP contribution in [0.1, 0.15) is 53.9 Å². The molecule has 190 valence electrons. The quantitative estimate of drug-likeness (QED) is 0.232. The number of likely N-dealkylation sites (N-methyl/N-ethyl adjacent to an activating group) is 2. The van der Waals surface area contributed by atoms with Crippen molar-refractivity contribution in [3.8, 4) is 0 Å². The zero-order valence-electron chi connectivity index (χ0n) is 18.9. The molecule has 0 amide bonds. The molecule has 0 aliphatic heterocycles. The van der Waals surface area contributed by atoms with Crippen LogP contribution in [0.5, 0.6) is 0 Å². The second-order valence-corrected chi connectivity index (χ2v) is 8.40. The van der Waals surface area contributed by atoms with Crippen molar-refractivity contribution in [2.24, 2.45) is 0 Å². The lowest BCUT2D eigenvalue weighted by Crippen LogP contribution is -2.34. The zero-order chi connectivity index (χ0) is 25.2. The number of carboxylic acid groups (broad SMARTS) is 2. The molecule has 0 rings (SSSR count). The van der Waals surface area contributed by atoms with E-state index in [9.17, 15) is 32.4 Å². The van der Waals surface area contributed by atoms with E-state index in [1.807, 2.05) is 4.72 Å². The first-order chi connectivity index (χ1) is 14.1. The number of ketones is 3. The number of sulfonamides is 1. The third kappa shape index (κ3) is 25.8. The minimum atomic E-state index is -3.32. The SMILES string of the molecule is C.CNC(CCC(=O)O)C(C)=O.CNC(CCC(C)=O)C(=O)O.CNS(=O)(=O)CC(C)=O. The average Bonchev–Trinajstić information content (AvgIpc) is 2.61. The molecule has 0 fully saturated rings. The summed E-state index contributed by atoms with van der Waals surface area (Å²) in [5.41, 5.74) is 0. The van der Waals surface area contributed by atoms with E-state index in [0.717, 1.165) is 0 Å². The molecular formula is C19H39N3O9S. The first-order valence-corrected chi connectivity index (χ1v) is 11.0. The summed E-state index contributed by atoms with van der Waals surface area (Å²) >= 11 is 0. The Hall–Kier alpha value is -2.22. The summed E-state index contributed by atoms with van der Waals surface area (Å²) in [4.78, 5) is 51.9. The number of hydrogen-bond acceptors (Lipinski definition) is 9. The molecule has 0 aliphatic carbocycles. The van der Waals surface area contributed by atoms with Gasteiger partial charge >= 0.3 is 11.9 Å². The fraction of sp³-hybridized carbons (Fsp3) is 0.737. The van der Waals surface area contributed by atoms with E-state index in [4.69, 9.17) is 10.2 Å². The van der Waals surface area contributed by atoms with Gasteiger partial charge in [0.25, 0.3) is 0 Å². The van der Waals surface area contributed by atoms with E-state index >= 15 is 0 Å². The van der Waals surface area contributed by atoms with Crippen molar-refractivity contribution in [3.63, 3.8) is 0 Å². The molecule has 0 spiro atoms. The van der Waals surface area contributed by atoms with Crippen molar-refractivity contribution >= 4 is 39.3 Å². The van der Waals surface area contributed by atoms with E-state index in [0.29, 0.717) is 19.3 Å². The van der Waals surface area contributed by atoms with Crippen LogP contribution in [-0.2, 0) is 34.0 Å². The molecule has 0 saturated carbocycles. The molecule has 2 unspecified atom stereocenters. The molecule has 0 aromatic rings. The van der Waals surface area contributed by atoms with Crippen LogP contribution in [0.4, 0.5) is 0 Å². The van der Waals surface area contributed by atoms with Gasteiger partial charge in [0.2, 0.25) is 10.0 Å². The van der Waals surface area contributed by atoms with Gasteiger partial charge in [0.15, 0.2) is 0 Å². The van der Waals surface area contributed by atoms with Crippen LogP contribution in [0.15, 0.2) is 0 Å². The van der Waals surface area contributed by atoms with Gasteiger partial charge in [-0.3, -0.25) is 19.2 Å². The van der Waals surface area contributed by atoms with E-state index in [2.05, 4.69) is 10.6 Å². The first-order valence-electron chi connectivity index (χ1n) is 9.33. The van der Waals surface area contributed by atoms with Crippen LogP contribution in [-0.4, -0.2) is 86.9 Å². The number of Topliss-reactive ketones (excluding diaryl/α,β-unsaturated/α-hetero) is 3. The first kappa shape index (κ1) is 37.1. The average molecular weight is 486 g/mol. The van der Waals surface area contributed by atoms with Gasteiger partial charge in [-0.25, -0.2) is 13.1 Å². The number of nitrogens with one attached hydrogen (secondary N) is 3. The summed E-state index contributed by atoms with van der Waals surface area (Å²) in [6, 6.07) is -0.912. The van der Waals surface area contributed by atoms with Gasteiger partial charge in [0, 0.05) is 12.8 Å². The molecule has 0 bridgehead atoms. The lowest BCUT2D eigenvalue weighted by atomic mass is 10.1. The lowest BCUT2D eigenvalue weighted by molar-refractivity contribution is -0.140. The molecule has 0 radical (unpaired) electrons. The number of carbonyl (C=O) groups is 5. The summed E-state index contributed by atoms with van der Waals surface area (Å²) < 4.78 is 23.0. The third-order valence-electron chi connectivity index (χ3n) is 3.62. The summed E-state index contributed by atoms with van der Waals surface area (Å²) in [6.07, 6.45) is 1.07. The van der Waals surface area contributed by atoms with Gasteiger partial charge in [-0.2, -0.15) is 0 Å². The van der Waals surface area contributed by atoms with E-state index < -0.39 is 33.8 Å². The maximum Gasteiger partial charge on any atom is 0.320 e. The van der Waals surface area contributed by atoms with Crippen molar-refractivity contribution in [3.05, 3.63) is 0 Å². The van der Waals surface area contributed by atoms with Crippen LogP contribution in [0.25, 0.3) is 0 Å². The minimum absolute atomic E-state index is 0. The Balaban J connectivity index is -0.000000182. The number of carbonyl (C=O) groups excluding carboxylic acids is 3. The second kappa shape index (κ2) is 20.7. The maximum atomic E-state index is 10.7. The van der Waals surface area contributed by atoms with Crippen molar-refractivity contribution in [1.82, 2.24) is 15.4 Å². The highest BCUT2D eigenvalue weighted by Gasteiger charge is 2.14. The lowest BCUT2D eigenvalue weighted by Gasteiger charge is -2.09. The summed E-state index contributed by atoms with van der Waals surface area (Å²) in [5.74, 6) is -2.56. The van der Waals surface area contributed by atoms with Gasteiger partial charge in [-0.15, -0.1) is 0 Å². The maximum absolute atomic E-state index is 10.7. The third-order valence-corrected chi connectivity index (χ3v) is 5.03. The predicted octanol–water partition coefficient (Wildman–Crippen LogP) is -0.183. The fourth-order valence-electron chi connectivity index (χ4n) is 1.90. The van der Waals surface area contributed by atoms with Crippen LogP contribution >= 0.6 is 0 Å². The molecule has 0 saturated heterocycles. The van der Waals surface area contributed by atoms with Crippen LogP contribution in [0.2, 0.25) is 0 Å². The van der Waals surface area contributed by atoms with Crippen molar-refractivity contribution in [2.45, 2.75) is 66.0 Å². The Bertz CT molecular complexity index is 658. The largest absolute Gasteiger partial charge is 0.481 e. The van der Waals surface area contributed by atoms with Gasteiger partial charge in [-0.05, 0) is 54.8 Å². The molecule has 0 aliphatic rings. The van der Waals surface area contributed by atoms with Gasteiger partial charge in [0.05, 0.1) is 6.04 Å². The van der Waals surface area contributed by atoms with E-state index in [-0.39, 0.29) is 37.2 Å². The standard InChI is InChI=1S/2C7H13NO3.C4H9NO3S.CH4/c1-5(9)6(8-2)3-4-7(10)11;1-5(9)3-4-6(8-2)7(10)11;1-4(6)3-9(7,8)5-2;/h2*6,8H,3-4H2,1-2H3,(H,10,11);5H,3H2,1-2H3;1H4. The molecule has 2 atom stereocenters. The number of aliphatic carboxylic acids is 2. The normalized spacial score (nSPS) is 11.8. The highest BCUT2D eigenvalue weighted by atomic mass is 32.2. The molecule has 0 aromatic carbocycles. The Kier molecular flexibility index (Phi) is 24.0. The van der Waals surface area contributed by atoms with E-state index in [1.165, 1.54) is 27.8 Å². The molecule has 0 heterocycles. The Morgan fingerprint density at radius 1 is 0.781 bits per heavy atom. The molecular weight excluding hydrogens is 446 g/mol. The number of hydrogen-bond donors (Lipinski definition) is 5. The zero-order valence-corrected chi connectivity index (χ0v) is 19.7. The van der Waals surface area contributed by atoms with Crippen LogP contribution in [0, 0.1) is 0 Å². The minimum Gasteiger partial charge on any atom is -0.481 e. The summed E-state index contributed by atoms with van der Waals surface area (Å²) in [7, 11) is 1.17. The summed E-state index contributed by atoms with van der Waals surface area (Å²) in [6.45, 7) is 4.13. The summed E-state index contributed by atoms with van der Waals surface area (Å²) in [5, 5.41) is 22.2. The van der Waals surface area contributed by atoms with Gasteiger partial charge in [-0.1, -0.05) is 7.43 Å². The predicted molar refractivity (Wildman–Crippen MR) is 121 cm³/mol. The Morgan fingerprint density at radius 2 is 1.22 bits per heavy atom. The molecule has 32 heavy (non-hydrogen) atoms. The monoisotopic (exact) mass is 485 g/mol. The van der Waals surface area contributed by atoms with Gasteiger partial charge < -0.3 is 25.6 Å². The van der Waals surface area contributed by atoms with Crippen LogP contribution < -0.4 is 15.4 Å². The topological polar surface area (TPSA) is 196 Å². The van der Waals surface area contributed by atoms with Crippen molar-refractivity contribution in [2.75, 3.05) is 26.9 Å². The Morgan fingerprint density at radius 3 is 1.44 bits per heavy atom. The highest BCUT2D eigenvalue weighted by molar-refractivity contribution is 7.90. The number of carboxylic acids is 2. The smallest absolute Gasteiger partial charge is 0.320 e. The van der Waals surface area contributed by atoms with Crippen molar-refractivity contribution < 1.29 is 42.6 Å². The highest BCUT2D eigenvalue weighted by Crippen LogP contribution is 1.98.